The van der Waals surface area contributed by atoms with E-state index in [-0.39, 0.29) is 23.9 Å². The van der Waals surface area contributed by atoms with Crippen LogP contribution < -0.4 is 16.2 Å². The largest absolute Gasteiger partial charge is 0.441 e. The number of piperidine rings is 1. The van der Waals surface area contributed by atoms with Gasteiger partial charge in [0.25, 0.3) is 5.56 Å². The third-order valence-electron chi connectivity index (χ3n) is 6.45. The summed E-state index contributed by atoms with van der Waals surface area (Å²) < 4.78 is 7.66. The molecular weight excluding hydrogens is 392 g/mol. The molecule has 1 amide bonds. The number of benzene rings is 1. The van der Waals surface area contributed by atoms with Crippen molar-refractivity contribution < 1.29 is 9.21 Å². The van der Waals surface area contributed by atoms with Crippen molar-refractivity contribution in [3.8, 4) is 11.5 Å². The molecule has 0 radical (unpaired) electrons. The Bertz CT molecular complexity index is 1150. The van der Waals surface area contributed by atoms with Crippen LogP contribution in [0.15, 0.2) is 57.7 Å². The quantitative estimate of drug-likeness (QED) is 0.664. The zero-order valence-corrected chi connectivity index (χ0v) is 17.5. The molecule has 2 N–H and O–H groups in total. The lowest BCUT2D eigenvalue weighted by molar-refractivity contribution is -0.120. The number of aromatic nitrogens is 2. The van der Waals surface area contributed by atoms with Crippen LogP contribution in [0.25, 0.3) is 11.5 Å². The number of aryl methyl sites for hydroxylation is 1. The first-order valence-electron chi connectivity index (χ1n) is 10.8. The van der Waals surface area contributed by atoms with E-state index in [4.69, 9.17) is 4.42 Å². The Morgan fingerprint density at radius 2 is 2.03 bits per heavy atom. The van der Waals surface area contributed by atoms with Crippen LogP contribution in [0, 0.1) is 12.8 Å². The number of hydrogen-bond acceptors (Lipinski definition) is 5. The molecule has 5 rings (SSSR count). The summed E-state index contributed by atoms with van der Waals surface area (Å²) in [7, 11) is 0. The van der Waals surface area contributed by atoms with E-state index >= 15 is 0 Å². The maximum absolute atomic E-state index is 12.7. The van der Waals surface area contributed by atoms with Crippen LogP contribution in [0.1, 0.15) is 35.5 Å². The van der Waals surface area contributed by atoms with Gasteiger partial charge in [-0.05, 0) is 37.5 Å². The van der Waals surface area contributed by atoms with E-state index in [1.165, 1.54) is 0 Å². The number of nitrogens with zero attached hydrogens (tertiary/aromatic N) is 2. The molecule has 1 saturated heterocycles. The lowest BCUT2D eigenvalue weighted by atomic mass is 9.79. The van der Waals surface area contributed by atoms with Crippen molar-refractivity contribution in [1.29, 1.82) is 0 Å². The van der Waals surface area contributed by atoms with Gasteiger partial charge in [-0.25, -0.2) is 4.98 Å². The van der Waals surface area contributed by atoms with Crippen molar-refractivity contribution in [2.75, 3.05) is 19.6 Å². The summed E-state index contributed by atoms with van der Waals surface area (Å²) in [5, 5.41) is 6.52. The molecule has 0 aliphatic carbocycles. The Morgan fingerprint density at radius 1 is 1.19 bits per heavy atom. The molecule has 3 aromatic rings. The highest BCUT2D eigenvalue weighted by Gasteiger charge is 2.37. The molecule has 2 aromatic heterocycles. The summed E-state index contributed by atoms with van der Waals surface area (Å²) in [5.74, 6) is 1.73. The minimum atomic E-state index is -0.118. The molecule has 7 heteroatoms. The molecule has 0 saturated carbocycles. The number of pyridine rings is 1. The fourth-order valence-electron chi connectivity index (χ4n) is 4.90. The standard InChI is InChI=1S/C24H26N4O3/c1-15-19(27-24(31-15)16-6-3-2-4-7-16)11-22(29)26-14-21-18-10-17(12-25-13-18)20-8-5-9-23(30)28(20)21/h2-9,17-18,21,25H,10-14H2,1H3,(H,26,29)/t17-,18+,21+/m1/s1. The molecule has 1 fully saturated rings. The van der Waals surface area contributed by atoms with Crippen molar-refractivity contribution in [3.05, 3.63) is 76.0 Å². The maximum Gasteiger partial charge on any atom is 0.251 e. The third-order valence-corrected chi connectivity index (χ3v) is 6.45. The number of nitrogens with one attached hydrogen (secondary N) is 2. The molecule has 2 aliphatic heterocycles. The molecule has 31 heavy (non-hydrogen) atoms. The molecule has 1 aromatic carbocycles. The number of fused-ring (bicyclic) bond motifs is 4. The highest BCUT2D eigenvalue weighted by molar-refractivity contribution is 5.78. The van der Waals surface area contributed by atoms with Crippen LogP contribution in [-0.2, 0) is 11.2 Å². The Morgan fingerprint density at radius 3 is 2.87 bits per heavy atom. The van der Waals surface area contributed by atoms with E-state index in [1.807, 2.05) is 54.0 Å². The normalized spacial score (nSPS) is 22.0. The van der Waals surface area contributed by atoms with Crippen molar-refractivity contribution in [2.24, 2.45) is 5.92 Å². The molecule has 0 unspecified atom stereocenters. The average Bonchev–Trinajstić information content (AvgIpc) is 3.15. The van der Waals surface area contributed by atoms with Crippen molar-refractivity contribution >= 4 is 5.91 Å². The lowest BCUT2D eigenvalue weighted by Crippen LogP contribution is -2.50. The summed E-state index contributed by atoms with van der Waals surface area (Å²) in [6.07, 6.45) is 1.19. The first-order chi connectivity index (χ1) is 15.1. The van der Waals surface area contributed by atoms with Gasteiger partial charge in [0.2, 0.25) is 11.8 Å². The van der Waals surface area contributed by atoms with Gasteiger partial charge in [0, 0.05) is 42.9 Å². The lowest BCUT2D eigenvalue weighted by Gasteiger charge is -2.43. The zero-order valence-electron chi connectivity index (χ0n) is 17.5. The molecular formula is C24H26N4O3. The SMILES string of the molecule is Cc1oc(-c2ccccc2)nc1CC(=O)NC[C@H]1[C@@H]2CNC[C@@H](C2)c2cccc(=O)n21. The van der Waals surface area contributed by atoms with Crippen LogP contribution in [0.2, 0.25) is 0 Å². The average molecular weight is 418 g/mol. The Hall–Kier alpha value is -3.19. The highest BCUT2D eigenvalue weighted by atomic mass is 16.4. The van der Waals surface area contributed by atoms with Gasteiger partial charge in [-0.15, -0.1) is 0 Å². The van der Waals surface area contributed by atoms with E-state index in [1.54, 1.807) is 6.07 Å². The van der Waals surface area contributed by atoms with Crippen LogP contribution in [0.3, 0.4) is 0 Å². The fourth-order valence-corrected chi connectivity index (χ4v) is 4.90. The first-order valence-corrected chi connectivity index (χ1v) is 10.8. The van der Waals surface area contributed by atoms with Crippen LogP contribution >= 0.6 is 0 Å². The highest BCUT2D eigenvalue weighted by Crippen LogP contribution is 2.38. The topological polar surface area (TPSA) is 89.2 Å². The summed E-state index contributed by atoms with van der Waals surface area (Å²) >= 11 is 0. The molecule has 7 nitrogen and oxygen atoms in total. The summed E-state index contributed by atoms with van der Waals surface area (Å²) in [6.45, 7) is 4.01. The van der Waals surface area contributed by atoms with Crippen LogP contribution in [-0.4, -0.2) is 35.1 Å². The van der Waals surface area contributed by atoms with Gasteiger partial charge in [0.15, 0.2) is 0 Å². The van der Waals surface area contributed by atoms with Gasteiger partial charge in [0.05, 0.1) is 18.2 Å². The third kappa shape index (κ3) is 3.81. The molecule has 3 atom stereocenters. The second-order valence-electron chi connectivity index (χ2n) is 8.45. The predicted octanol–water partition coefficient (Wildman–Crippen LogP) is 2.42. The minimum absolute atomic E-state index is 0.00759. The number of carbonyl (C=O) groups excluding carboxylic acids is 1. The van der Waals surface area contributed by atoms with Gasteiger partial charge < -0.3 is 19.6 Å². The summed E-state index contributed by atoms with van der Waals surface area (Å²) in [6, 6.07) is 15.1. The second kappa shape index (κ2) is 8.15. The minimum Gasteiger partial charge on any atom is -0.441 e. The fraction of sp³-hybridized carbons (Fsp3) is 0.375. The maximum atomic E-state index is 12.7. The van der Waals surface area contributed by atoms with Gasteiger partial charge in [-0.2, -0.15) is 0 Å². The predicted molar refractivity (Wildman–Crippen MR) is 117 cm³/mol. The first kappa shape index (κ1) is 19.8. The Balaban J connectivity index is 1.30. The monoisotopic (exact) mass is 418 g/mol. The van der Waals surface area contributed by atoms with E-state index in [0.717, 1.165) is 30.8 Å². The van der Waals surface area contributed by atoms with E-state index in [9.17, 15) is 9.59 Å². The number of amides is 1. The van der Waals surface area contributed by atoms with E-state index < -0.39 is 0 Å². The van der Waals surface area contributed by atoms with Crippen LogP contribution in [0.5, 0.6) is 0 Å². The van der Waals surface area contributed by atoms with Crippen molar-refractivity contribution in [3.63, 3.8) is 0 Å². The number of rotatable bonds is 5. The van der Waals surface area contributed by atoms with Gasteiger partial charge in [-0.1, -0.05) is 24.3 Å². The van der Waals surface area contributed by atoms with Gasteiger partial charge in [0.1, 0.15) is 5.76 Å². The molecule has 2 bridgehead atoms. The second-order valence-corrected chi connectivity index (χ2v) is 8.45. The van der Waals surface area contributed by atoms with Crippen molar-refractivity contribution in [2.45, 2.75) is 31.7 Å². The molecule has 160 valence electrons. The molecule has 0 spiro atoms. The summed E-state index contributed by atoms with van der Waals surface area (Å²) in [5.41, 5.74) is 2.59. The van der Waals surface area contributed by atoms with E-state index in [2.05, 4.69) is 15.6 Å². The Labute approximate surface area is 180 Å². The molecule has 2 aliphatic rings. The summed E-state index contributed by atoms with van der Waals surface area (Å²) in [4.78, 5) is 29.9. The smallest absolute Gasteiger partial charge is 0.251 e. The zero-order chi connectivity index (χ0) is 21.4. The van der Waals surface area contributed by atoms with Gasteiger partial charge in [-0.3, -0.25) is 9.59 Å². The Kier molecular flexibility index (Phi) is 5.19. The van der Waals surface area contributed by atoms with E-state index in [0.29, 0.717) is 35.7 Å². The van der Waals surface area contributed by atoms with Crippen LogP contribution in [0.4, 0.5) is 0 Å². The van der Waals surface area contributed by atoms with Crippen molar-refractivity contribution in [1.82, 2.24) is 20.2 Å². The number of hydrogen-bond donors (Lipinski definition) is 2. The number of carbonyl (C=O) groups is 1. The molecule has 4 heterocycles. The van der Waals surface area contributed by atoms with Gasteiger partial charge >= 0.3 is 0 Å². The number of oxazole rings is 1.